The first-order valence-electron chi connectivity index (χ1n) is 16.9. The Morgan fingerprint density at radius 1 is 0.692 bits per heavy atom. The molecule has 272 valence electrons. The zero-order chi connectivity index (χ0) is 36.3. The van der Waals surface area contributed by atoms with Gasteiger partial charge in [0.25, 0.3) is 5.91 Å². The molecule has 0 unspecified atom stereocenters. The first kappa shape index (κ1) is 41.4. The van der Waals surface area contributed by atoms with Crippen LogP contribution in [0.1, 0.15) is 68.7 Å². The largest absolute Gasteiger partial charge is 0.478 e. The Bertz CT molecular complexity index is 1830. The minimum atomic E-state index is -0.983. The number of aromatic carboxylic acids is 1. The number of amides is 1. The number of carboxylic acids is 1. The molecular formula is C42H43ClF2N2O5. The third-order valence-corrected chi connectivity index (χ3v) is 8.10. The molecule has 4 aromatic rings. The van der Waals surface area contributed by atoms with Gasteiger partial charge in [0.1, 0.15) is 11.6 Å². The molecule has 0 radical (unpaired) electrons. The number of hydrogen-bond donors (Lipinski definition) is 3. The number of carboxylic acid groups (broad SMARTS) is 1. The fourth-order valence-electron chi connectivity index (χ4n) is 5.11. The summed E-state index contributed by atoms with van der Waals surface area (Å²) in [6, 6.07) is 25.8. The maximum absolute atomic E-state index is 13.5. The van der Waals surface area contributed by atoms with E-state index in [9.17, 15) is 18.4 Å². The molecule has 4 N–H and O–H groups in total. The molecule has 2 saturated heterocycles. The molecule has 2 heterocycles. The van der Waals surface area contributed by atoms with E-state index in [1.54, 1.807) is 72.8 Å². The van der Waals surface area contributed by atoms with E-state index in [1.807, 2.05) is 0 Å². The second-order valence-electron chi connectivity index (χ2n) is 12.0. The summed E-state index contributed by atoms with van der Waals surface area (Å²) in [6.07, 6.45) is 4.60. The number of rotatable bonds is 5. The van der Waals surface area contributed by atoms with Gasteiger partial charge in [-0.3, -0.25) is 4.79 Å². The van der Waals surface area contributed by atoms with Crippen molar-refractivity contribution >= 4 is 24.3 Å². The van der Waals surface area contributed by atoms with Crippen LogP contribution in [0.5, 0.6) is 0 Å². The fourth-order valence-corrected chi connectivity index (χ4v) is 5.11. The third-order valence-electron chi connectivity index (χ3n) is 8.10. The summed E-state index contributed by atoms with van der Waals surface area (Å²) in [5, 5.41) is 11.7. The van der Waals surface area contributed by atoms with Crippen molar-refractivity contribution in [2.24, 2.45) is 17.6 Å². The van der Waals surface area contributed by atoms with Crippen LogP contribution >= 0.6 is 12.4 Å². The average molecular weight is 729 g/mol. The van der Waals surface area contributed by atoms with E-state index in [0.29, 0.717) is 47.2 Å². The molecule has 6 rings (SSSR count). The molecule has 7 nitrogen and oxygen atoms in total. The lowest BCUT2D eigenvalue weighted by atomic mass is 10.0. The Morgan fingerprint density at radius 3 is 1.56 bits per heavy atom. The monoisotopic (exact) mass is 728 g/mol. The van der Waals surface area contributed by atoms with Crippen LogP contribution in [0.2, 0.25) is 0 Å². The Kier molecular flexibility index (Phi) is 18.1. The Balaban J connectivity index is 0.000000235. The summed E-state index contributed by atoms with van der Waals surface area (Å²) >= 11 is 0. The van der Waals surface area contributed by atoms with Crippen LogP contribution in [0.3, 0.4) is 0 Å². The normalized spacial score (nSPS) is 15.9. The minimum Gasteiger partial charge on any atom is -0.478 e. The van der Waals surface area contributed by atoms with Crippen molar-refractivity contribution in [3.05, 3.63) is 142 Å². The standard InChI is InChI=1S/C21H20FNO2.C15H9FO2.C6H13NO.ClH/c22-20-6-2-1-5-18(20)10-7-16-8-11-19(12-9-16)21(24)23-14-17-4-3-13-25-15-17;16-14-4-2-1-3-12(14)8-5-11-6-9-13(10-7-11)15(17)18;7-4-6-2-1-3-8-5-6;/h1-2,5-6,8-9,11-12,17H,3-4,13-15H2,(H,23,24);1-4,6-7,9-10H,(H,17,18);6H,1-5,7H2;1H/t17-;;6-;/m1.1./s1. The summed E-state index contributed by atoms with van der Waals surface area (Å²) < 4.78 is 37.4. The second-order valence-corrected chi connectivity index (χ2v) is 12.0. The maximum Gasteiger partial charge on any atom is 0.335 e. The molecule has 0 aliphatic carbocycles. The highest BCUT2D eigenvalue weighted by molar-refractivity contribution is 5.94. The summed E-state index contributed by atoms with van der Waals surface area (Å²) in [7, 11) is 0. The molecule has 0 bridgehead atoms. The number of carbonyl (C=O) groups is 2. The molecule has 2 aliphatic rings. The highest BCUT2D eigenvalue weighted by atomic mass is 35.5. The van der Waals surface area contributed by atoms with Crippen molar-refractivity contribution < 1.29 is 33.0 Å². The van der Waals surface area contributed by atoms with Crippen molar-refractivity contribution in [2.45, 2.75) is 25.7 Å². The number of halogens is 3. The topological polar surface area (TPSA) is 111 Å². The number of nitrogens with two attached hydrogens (primary N) is 1. The Labute approximate surface area is 310 Å². The van der Waals surface area contributed by atoms with Gasteiger partial charge in [-0.15, -0.1) is 12.4 Å². The molecule has 0 aromatic heterocycles. The number of benzene rings is 4. The van der Waals surface area contributed by atoms with E-state index in [-0.39, 0.29) is 35.5 Å². The van der Waals surface area contributed by atoms with Crippen LogP contribution < -0.4 is 11.1 Å². The summed E-state index contributed by atoms with van der Waals surface area (Å²) in [5.41, 5.74) is 8.27. The SMILES string of the molecule is Cl.NC[C@H]1CCCOC1.O=C(NC[C@H]1CCCOC1)c1ccc(C#Cc2ccccc2F)cc1.O=C(O)c1ccc(C#Cc2ccccc2F)cc1. The van der Waals surface area contributed by atoms with E-state index < -0.39 is 5.97 Å². The average Bonchev–Trinajstić information content (AvgIpc) is 3.18. The van der Waals surface area contributed by atoms with E-state index in [1.165, 1.54) is 37.1 Å². The molecule has 1 amide bonds. The van der Waals surface area contributed by atoms with Gasteiger partial charge in [-0.25, -0.2) is 13.6 Å². The van der Waals surface area contributed by atoms with Crippen molar-refractivity contribution in [3.63, 3.8) is 0 Å². The van der Waals surface area contributed by atoms with Gasteiger partial charge in [-0.2, -0.15) is 0 Å². The Morgan fingerprint density at radius 2 is 1.15 bits per heavy atom. The highest BCUT2D eigenvalue weighted by Crippen LogP contribution is 2.13. The van der Waals surface area contributed by atoms with E-state index in [0.717, 1.165) is 44.8 Å². The molecule has 2 aliphatic heterocycles. The predicted octanol–water partition coefficient (Wildman–Crippen LogP) is 7.10. The zero-order valence-corrected chi connectivity index (χ0v) is 29.6. The smallest absolute Gasteiger partial charge is 0.335 e. The molecule has 10 heteroatoms. The van der Waals surface area contributed by atoms with E-state index in [4.69, 9.17) is 20.3 Å². The zero-order valence-electron chi connectivity index (χ0n) is 28.8. The van der Waals surface area contributed by atoms with Crippen LogP contribution in [-0.2, 0) is 9.47 Å². The van der Waals surface area contributed by atoms with Crippen LogP contribution in [0, 0.1) is 47.2 Å². The third kappa shape index (κ3) is 14.3. The van der Waals surface area contributed by atoms with Gasteiger partial charge in [0.2, 0.25) is 0 Å². The van der Waals surface area contributed by atoms with Crippen LogP contribution in [-0.4, -0.2) is 56.5 Å². The minimum absolute atomic E-state index is 0. The first-order valence-corrected chi connectivity index (χ1v) is 16.9. The van der Waals surface area contributed by atoms with Crippen molar-refractivity contribution in [1.29, 1.82) is 0 Å². The van der Waals surface area contributed by atoms with Gasteiger partial charge in [0.05, 0.1) is 29.9 Å². The summed E-state index contributed by atoms with van der Waals surface area (Å²) in [6.45, 7) is 4.78. The predicted molar refractivity (Wildman–Crippen MR) is 200 cm³/mol. The van der Waals surface area contributed by atoms with E-state index >= 15 is 0 Å². The van der Waals surface area contributed by atoms with Gasteiger partial charge < -0.3 is 25.6 Å². The van der Waals surface area contributed by atoms with Gasteiger partial charge in [0.15, 0.2) is 0 Å². The maximum atomic E-state index is 13.5. The number of nitrogens with one attached hydrogen (secondary N) is 1. The lowest BCUT2D eigenvalue weighted by Gasteiger charge is -2.22. The van der Waals surface area contributed by atoms with Crippen LogP contribution in [0.25, 0.3) is 0 Å². The molecule has 2 atom stereocenters. The fraction of sp³-hybridized carbons (Fsp3) is 0.286. The lowest BCUT2D eigenvalue weighted by Crippen LogP contribution is -2.33. The number of carbonyl (C=O) groups excluding carboxylic acids is 1. The van der Waals surface area contributed by atoms with Crippen molar-refractivity contribution in [2.75, 3.05) is 39.5 Å². The van der Waals surface area contributed by atoms with Gasteiger partial charge >= 0.3 is 5.97 Å². The van der Waals surface area contributed by atoms with Crippen molar-refractivity contribution in [1.82, 2.24) is 5.32 Å². The van der Waals surface area contributed by atoms with Crippen LogP contribution in [0.15, 0.2) is 97.1 Å². The number of hydrogen-bond acceptors (Lipinski definition) is 5. The van der Waals surface area contributed by atoms with Gasteiger partial charge in [-0.1, -0.05) is 47.9 Å². The van der Waals surface area contributed by atoms with E-state index in [2.05, 4.69) is 29.0 Å². The summed E-state index contributed by atoms with van der Waals surface area (Å²) in [5.74, 6) is 10.5. The lowest BCUT2D eigenvalue weighted by molar-refractivity contribution is 0.0536. The summed E-state index contributed by atoms with van der Waals surface area (Å²) in [4.78, 5) is 22.8. The number of ether oxygens (including phenoxy) is 2. The highest BCUT2D eigenvalue weighted by Gasteiger charge is 2.15. The first-order chi connectivity index (χ1) is 24.8. The van der Waals surface area contributed by atoms with Crippen molar-refractivity contribution in [3.8, 4) is 23.7 Å². The molecule has 52 heavy (non-hydrogen) atoms. The van der Waals surface area contributed by atoms with Crippen LogP contribution in [0.4, 0.5) is 8.78 Å². The van der Waals surface area contributed by atoms with Gasteiger partial charge in [-0.05, 0) is 117 Å². The molecule has 0 spiro atoms. The molecule has 4 aromatic carbocycles. The molecular weight excluding hydrogens is 686 g/mol. The molecule has 0 saturated carbocycles. The quantitative estimate of drug-likeness (QED) is 0.189. The second kappa shape index (κ2) is 22.7. The van der Waals surface area contributed by atoms with Gasteiger partial charge in [0, 0.05) is 36.4 Å². The Hall–Kier alpha value is -5.03. The molecule has 2 fully saturated rings.